The Balaban J connectivity index is 1.20. The third kappa shape index (κ3) is 4.78. The van der Waals surface area contributed by atoms with Gasteiger partial charge in [0.2, 0.25) is 0 Å². The molecule has 0 aliphatic heterocycles. The molecule has 0 amide bonds. The van der Waals surface area contributed by atoms with Crippen molar-refractivity contribution in [3.8, 4) is 11.4 Å². The number of nitrogens with zero attached hydrogens (tertiary/aromatic N) is 3. The molecule has 0 atom stereocenters. The number of nitrogens with one attached hydrogen (secondary N) is 3. The molecule has 10 aromatic rings. The highest BCUT2D eigenvalue weighted by atomic mass is 16.1. The van der Waals surface area contributed by atoms with E-state index in [0.29, 0.717) is 11.2 Å². The summed E-state index contributed by atoms with van der Waals surface area (Å²) in [5, 5.41) is 18.8. The molecule has 3 heterocycles. The first-order valence-corrected chi connectivity index (χ1v) is 17.6. The van der Waals surface area contributed by atoms with E-state index in [1.54, 1.807) is 0 Å². The number of H-pyrrole nitrogens is 1. The Hall–Kier alpha value is -7.25. The van der Waals surface area contributed by atoms with Crippen molar-refractivity contribution < 1.29 is 0 Å². The average Bonchev–Trinajstić information content (AvgIpc) is 3.71. The molecular formula is C46H32N6O. The van der Waals surface area contributed by atoms with Crippen LogP contribution in [0.5, 0.6) is 0 Å². The molecule has 0 radical (unpaired) electrons. The molecule has 0 saturated heterocycles. The van der Waals surface area contributed by atoms with Crippen molar-refractivity contribution in [2.75, 3.05) is 7.05 Å². The summed E-state index contributed by atoms with van der Waals surface area (Å²) in [5.41, 5.74) is 8.37. The number of aromatic amines is 1. The number of benzene rings is 7. The Morgan fingerprint density at radius 2 is 1.09 bits per heavy atom. The van der Waals surface area contributed by atoms with Crippen LogP contribution in [0.2, 0.25) is 0 Å². The maximum atomic E-state index is 14.0. The molecule has 0 unspecified atom stereocenters. The van der Waals surface area contributed by atoms with Crippen LogP contribution in [-0.4, -0.2) is 32.8 Å². The van der Waals surface area contributed by atoms with Crippen LogP contribution in [0, 0.1) is 5.41 Å². The molecule has 0 bridgehead atoms. The number of amidine groups is 2. The van der Waals surface area contributed by atoms with Crippen molar-refractivity contribution >= 4 is 77.0 Å². The molecule has 7 heteroatoms. The summed E-state index contributed by atoms with van der Waals surface area (Å²) in [6.07, 6.45) is 0. The summed E-state index contributed by atoms with van der Waals surface area (Å²) >= 11 is 0. The van der Waals surface area contributed by atoms with Crippen molar-refractivity contribution in [2.45, 2.75) is 0 Å². The quantitative estimate of drug-likeness (QED) is 0.0979. The molecule has 0 saturated carbocycles. The summed E-state index contributed by atoms with van der Waals surface area (Å²) in [5.74, 6) is 0.770. The van der Waals surface area contributed by atoms with Crippen LogP contribution in [0.1, 0.15) is 11.1 Å². The van der Waals surface area contributed by atoms with E-state index in [9.17, 15) is 4.79 Å². The Labute approximate surface area is 303 Å². The Bertz CT molecular complexity index is 3190. The van der Waals surface area contributed by atoms with Gasteiger partial charge >= 0.3 is 0 Å². The second-order valence-electron chi connectivity index (χ2n) is 13.3. The zero-order valence-electron chi connectivity index (χ0n) is 28.8. The molecule has 7 nitrogen and oxygen atoms in total. The highest BCUT2D eigenvalue weighted by Crippen LogP contribution is 2.39. The molecule has 10 rings (SSSR count). The van der Waals surface area contributed by atoms with Gasteiger partial charge in [-0.1, -0.05) is 97.1 Å². The molecule has 252 valence electrons. The number of hydrogen-bond donors (Lipinski definition) is 3. The van der Waals surface area contributed by atoms with Crippen molar-refractivity contribution in [2.24, 2.45) is 4.99 Å². The molecule has 0 fully saturated rings. The van der Waals surface area contributed by atoms with Gasteiger partial charge < -0.3 is 19.4 Å². The van der Waals surface area contributed by atoms with Gasteiger partial charge in [-0.3, -0.25) is 10.2 Å². The van der Waals surface area contributed by atoms with Gasteiger partial charge in [0.05, 0.1) is 27.6 Å². The molecule has 3 N–H and O–H groups in total. The highest BCUT2D eigenvalue weighted by Gasteiger charge is 2.19. The van der Waals surface area contributed by atoms with E-state index in [-0.39, 0.29) is 11.4 Å². The molecule has 0 aliphatic carbocycles. The van der Waals surface area contributed by atoms with E-state index in [2.05, 4.69) is 121 Å². The van der Waals surface area contributed by atoms with Gasteiger partial charge in [0.1, 0.15) is 5.84 Å². The monoisotopic (exact) mass is 684 g/mol. The summed E-state index contributed by atoms with van der Waals surface area (Å²) in [6, 6.07) is 53.4. The lowest BCUT2D eigenvalue weighted by Crippen LogP contribution is -2.21. The molecule has 53 heavy (non-hydrogen) atoms. The van der Waals surface area contributed by atoms with Crippen molar-refractivity contribution in [3.63, 3.8) is 0 Å². The smallest absolute Gasteiger partial charge is 0.256 e. The zero-order chi connectivity index (χ0) is 35.6. The van der Waals surface area contributed by atoms with Crippen LogP contribution in [0.15, 0.2) is 168 Å². The Kier molecular flexibility index (Phi) is 6.88. The number of aliphatic imine (C=N–C) groups is 1. The van der Waals surface area contributed by atoms with Crippen LogP contribution in [0.4, 0.5) is 0 Å². The summed E-state index contributed by atoms with van der Waals surface area (Å²) in [7, 11) is 1.82. The standard InChI is InChI=1S/C46H32N6O/c1-48-45(50-44(47)28-13-4-2-5-14-28)29-15-12-18-31(23-29)52-41-22-11-9-19-32(41)36-24-34-35-25-37-33-20-8-10-21-40(33)51(30-16-6-3-7-17-30)43(37)27-39(35)49-46(53)38(34)26-42(36)52/h2-27H,1H3,(H,49,53)(H2,47,48,50). The number of pyridine rings is 1. The lowest BCUT2D eigenvalue weighted by Gasteiger charge is -2.12. The van der Waals surface area contributed by atoms with Gasteiger partial charge in [0, 0.05) is 61.9 Å². The van der Waals surface area contributed by atoms with E-state index in [4.69, 9.17) is 5.41 Å². The van der Waals surface area contributed by atoms with E-state index in [1.165, 1.54) is 0 Å². The lowest BCUT2D eigenvalue weighted by molar-refractivity contribution is 1.15. The van der Waals surface area contributed by atoms with Crippen LogP contribution in [-0.2, 0) is 0 Å². The van der Waals surface area contributed by atoms with E-state index in [1.807, 2.05) is 67.7 Å². The largest absolute Gasteiger partial charge is 0.373 e. The SMILES string of the molecule is CNC(=NC(=N)c1ccccc1)c1cccc(-n2c3ccccc3c3cc4c(cc32)c(=O)[nH]c2cc3c(cc24)c2ccccc2n3-c2ccccc2)c1. The highest BCUT2D eigenvalue weighted by molar-refractivity contribution is 6.21. The molecule has 3 aromatic heterocycles. The van der Waals surface area contributed by atoms with Gasteiger partial charge in [0.15, 0.2) is 5.84 Å². The minimum Gasteiger partial charge on any atom is -0.373 e. The third-order valence-corrected chi connectivity index (χ3v) is 10.3. The van der Waals surface area contributed by atoms with Gasteiger partial charge in [-0.25, -0.2) is 4.99 Å². The fourth-order valence-corrected chi connectivity index (χ4v) is 7.92. The lowest BCUT2D eigenvalue weighted by atomic mass is 10.0. The number of fused-ring (bicyclic) bond motifs is 9. The third-order valence-electron chi connectivity index (χ3n) is 10.3. The van der Waals surface area contributed by atoms with Crippen LogP contribution in [0.25, 0.3) is 76.7 Å². The van der Waals surface area contributed by atoms with Gasteiger partial charge in [-0.05, 0) is 66.0 Å². The number of para-hydroxylation sites is 3. The van der Waals surface area contributed by atoms with Gasteiger partial charge in [0.25, 0.3) is 5.56 Å². The topological polar surface area (TPSA) is 91.0 Å². The number of hydrogen-bond acceptors (Lipinski definition) is 2. The average molecular weight is 685 g/mol. The second kappa shape index (κ2) is 11.9. The second-order valence-corrected chi connectivity index (χ2v) is 13.3. The zero-order valence-corrected chi connectivity index (χ0v) is 28.8. The van der Waals surface area contributed by atoms with Crippen LogP contribution in [0.3, 0.4) is 0 Å². The van der Waals surface area contributed by atoms with Gasteiger partial charge in [-0.2, -0.15) is 0 Å². The minimum absolute atomic E-state index is 0.134. The number of aromatic nitrogens is 3. The normalized spacial score (nSPS) is 12.1. The first-order chi connectivity index (χ1) is 26.1. The maximum Gasteiger partial charge on any atom is 0.256 e. The predicted molar refractivity (Wildman–Crippen MR) is 220 cm³/mol. The van der Waals surface area contributed by atoms with E-state index in [0.717, 1.165) is 82.4 Å². The minimum atomic E-state index is -0.134. The summed E-state index contributed by atoms with van der Waals surface area (Å²) in [4.78, 5) is 22.0. The van der Waals surface area contributed by atoms with Crippen molar-refractivity contribution in [3.05, 3.63) is 179 Å². The predicted octanol–water partition coefficient (Wildman–Crippen LogP) is 9.87. The Morgan fingerprint density at radius 1 is 0.528 bits per heavy atom. The van der Waals surface area contributed by atoms with E-state index >= 15 is 0 Å². The molecule has 7 aromatic carbocycles. The number of rotatable bonds is 4. The summed E-state index contributed by atoms with van der Waals surface area (Å²) < 4.78 is 4.48. The Morgan fingerprint density at radius 3 is 1.79 bits per heavy atom. The van der Waals surface area contributed by atoms with Crippen molar-refractivity contribution in [1.29, 1.82) is 5.41 Å². The molecule has 0 spiro atoms. The molecular weight excluding hydrogens is 653 g/mol. The summed E-state index contributed by atoms with van der Waals surface area (Å²) in [6.45, 7) is 0. The van der Waals surface area contributed by atoms with Crippen molar-refractivity contribution in [1.82, 2.24) is 19.4 Å². The fourth-order valence-electron chi connectivity index (χ4n) is 7.92. The molecule has 0 aliphatic rings. The van der Waals surface area contributed by atoms with Crippen LogP contribution >= 0.6 is 0 Å². The van der Waals surface area contributed by atoms with Gasteiger partial charge in [-0.15, -0.1) is 0 Å². The van der Waals surface area contributed by atoms with E-state index < -0.39 is 0 Å². The van der Waals surface area contributed by atoms with Crippen LogP contribution < -0.4 is 10.9 Å². The maximum absolute atomic E-state index is 14.0. The first kappa shape index (κ1) is 30.6. The fraction of sp³-hybridized carbons (Fsp3) is 0.0217. The first-order valence-electron chi connectivity index (χ1n) is 17.6.